The first-order valence-corrected chi connectivity index (χ1v) is 13.9. The number of carbonyl (C=O) groups excluding carboxylic acids is 1. The molecule has 5 nitrogen and oxygen atoms in total. The number of sulfonamides is 1. The molecule has 1 atom stereocenters. The number of hydrogen-bond donors (Lipinski definition) is 1. The molecule has 8 heteroatoms. The third kappa shape index (κ3) is 5.73. The molecule has 33 heavy (non-hydrogen) atoms. The summed E-state index contributed by atoms with van der Waals surface area (Å²) in [6.07, 6.45) is 5.72. The molecule has 1 amide bonds. The Morgan fingerprint density at radius 2 is 1.70 bits per heavy atom. The van der Waals surface area contributed by atoms with Gasteiger partial charge in [0.1, 0.15) is 0 Å². The molecule has 0 spiro atoms. The van der Waals surface area contributed by atoms with Gasteiger partial charge in [0.2, 0.25) is 15.9 Å². The summed E-state index contributed by atoms with van der Waals surface area (Å²) in [5, 5.41) is 3.83. The summed E-state index contributed by atoms with van der Waals surface area (Å²) in [4.78, 5) is 12.9. The highest BCUT2D eigenvalue weighted by Gasteiger charge is 2.32. The highest BCUT2D eigenvalue weighted by atomic mass is 35.5. The van der Waals surface area contributed by atoms with E-state index in [4.69, 9.17) is 23.2 Å². The molecule has 1 heterocycles. The van der Waals surface area contributed by atoms with Crippen molar-refractivity contribution >= 4 is 39.1 Å². The van der Waals surface area contributed by atoms with E-state index in [9.17, 15) is 13.2 Å². The topological polar surface area (TPSA) is 66.5 Å². The molecule has 1 fully saturated rings. The number of aryl methyl sites for hydroxylation is 2. The average molecular weight is 509 g/mol. The van der Waals surface area contributed by atoms with E-state index in [-0.39, 0.29) is 23.6 Å². The minimum Gasteiger partial charge on any atom is -0.349 e. The Hall–Kier alpha value is -1.60. The highest BCUT2D eigenvalue weighted by Crippen LogP contribution is 2.29. The average Bonchev–Trinajstić information content (AvgIpc) is 2.81. The second-order valence-electron chi connectivity index (χ2n) is 9.10. The first-order chi connectivity index (χ1) is 15.7. The number of halogens is 2. The number of nitrogens with one attached hydrogen (secondary N) is 1. The Balaban J connectivity index is 1.33. The van der Waals surface area contributed by atoms with E-state index in [1.807, 2.05) is 6.92 Å². The van der Waals surface area contributed by atoms with E-state index in [2.05, 4.69) is 23.5 Å². The number of hydrogen-bond acceptors (Lipinski definition) is 3. The molecule has 0 bridgehead atoms. The monoisotopic (exact) mass is 508 g/mol. The van der Waals surface area contributed by atoms with Crippen molar-refractivity contribution in [2.24, 2.45) is 5.92 Å². The molecule has 2 aliphatic rings. The zero-order valence-electron chi connectivity index (χ0n) is 18.8. The fourth-order valence-corrected chi connectivity index (χ4v) is 7.09. The molecule has 0 unspecified atom stereocenters. The summed E-state index contributed by atoms with van der Waals surface area (Å²) in [5.74, 6) is -0.440. The zero-order valence-corrected chi connectivity index (χ0v) is 21.1. The number of benzene rings is 2. The van der Waals surface area contributed by atoms with Crippen LogP contribution < -0.4 is 5.32 Å². The number of rotatable bonds is 6. The van der Waals surface area contributed by atoms with Crippen molar-refractivity contribution in [2.75, 3.05) is 13.1 Å². The quantitative estimate of drug-likeness (QED) is 0.576. The van der Waals surface area contributed by atoms with Crippen molar-refractivity contribution < 1.29 is 13.2 Å². The highest BCUT2D eigenvalue weighted by molar-refractivity contribution is 7.88. The van der Waals surface area contributed by atoms with Gasteiger partial charge in [-0.25, -0.2) is 12.7 Å². The van der Waals surface area contributed by atoms with Gasteiger partial charge < -0.3 is 5.32 Å². The minimum absolute atomic E-state index is 0.00795. The maximum atomic E-state index is 12.9. The Morgan fingerprint density at radius 1 is 1.06 bits per heavy atom. The third-order valence-electron chi connectivity index (χ3n) is 6.84. The molecule has 0 aromatic heterocycles. The first kappa shape index (κ1) is 24.5. The van der Waals surface area contributed by atoms with Gasteiger partial charge >= 0.3 is 0 Å². The number of fused-ring (bicyclic) bond motifs is 1. The Labute approximate surface area is 206 Å². The molecule has 0 saturated carbocycles. The van der Waals surface area contributed by atoms with Crippen molar-refractivity contribution in [2.45, 2.75) is 57.2 Å². The van der Waals surface area contributed by atoms with E-state index in [0.29, 0.717) is 41.5 Å². The smallest absolute Gasteiger partial charge is 0.223 e. The van der Waals surface area contributed by atoms with Crippen LogP contribution in [0.1, 0.15) is 60.9 Å². The molecule has 0 radical (unpaired) electrons. The lowest BCUT2D eigenvalue weighted by Gasteiger charge is -2.31. The molecule has 1 aliphatic heterocycles. The lowest BCUT2D eigenvalue weighted by atomic mass is 9.89. The fourth-order valence-electron chi connectivity index (χ4n) is 4.78. The third-order valence-corrected chi connectivity index (χ3v) is 9.35. The van der Waals surface area contributed by atoms with Gasteiger partial charge in [-0.05, 0) is 74.3 Å². The van der Waals surface area contributed by atoms with Gasteiger partial charge in [0.05, 0.1) is 11.8 Å². The summed E-state index contributed by atoms with van der Waals surface area (Å²) < 4.78 is 27.3. The van der Waals surface area contributed by atoms with Crippen LogP contribution in [0.15, 0.2) is 36.4 Å². The van der Waals surface area contributed by atoms with Crippen LogP contribution >= 0.6 is 23.2 Å². The standard InChI is InChI=1S/C25H30Cl2N2O3S/c1-17(20-10-9-18-5-2-3-6-21(18)15-20)28-25(30)19-11-13-29(14-12-19)33(31,32)16-22-23(26)7-4-8-24(22)27/h4,7-10,15,17,19H,2-3,5-6,11-14,16H2,1H3,(H,28,30)/t17-/m1/s1. The molecule has 1 saturated heterocycles. The van der Waals surface area contributed by atoms with Gasteiger partial charge in [-0.1, -0.05) is 47.5 Å². The van der Waals surface area contributed by atoms with E-state index >= 15 is 0 Å². The number of nitrogens with zero attached hydrogens (tertiary/aromatic N) is 1. The Morgan fingerprint density at radius 3 is 2.36 bits per heavy atom. The molecule has 1 aliphatic carbocycles. The van der Waals surface area contributed by atoms with Gasteiger partial charge in [-0.3, -0.25) is 4.79 Å². The van der Waals surface area contributed by atoms with E-state index < -0.39 is 10.0 Å². The largest absolute Gasteiger partial charge is 0.349 e. The van der Waals surface area contributed by atoms with Crippen LogP contribution in [0.2, 0.25) is 10.0 Å². The predicted octanol–water partition coefficient (Wildman–Crippen LogP) is 5.29. The van der Waals surface area contributed by atoms with Gasteiger partial charge in [-0.15, -0.1) is 0 Å². The van der Waals surface area contributed by atoms with Gasteiger partial charge in [0, 0.05) is 34.6 Å². The molecule has 2 aromatic carbocycles. The predicted molar refractivity (Wildman–Crippen MR) is 133 cm³/mol. The van der Waals surface area contributed by atoms with E-state index in [1.165, 1.54) is 28.3 Å². The molecule has 4 rings (SSSR count). The van der Waals surface area contributed by atoms with Crippen LogP contribution in [-0.2, 0) is 33.4 Å². The maximum absolute atomic E-state index is 12.9. The summed E-state index contributed by atoms with van der Waals surface area (Å²) >= 11 is 12.3. The van der Waals surface area contributed by atoms with E-state index in [0.717, 1.165) is 18.4 Å². The van der Waals surface area contributed by atoms with Crippen LogP contribution in [0.5, 0.6) is 0 Å². The Bertz CT molecular complexity index is 1110. The second-order valence-corrected chi connectivity index (χ2v) is 11.9. The van der Waals surface area contributed by atoms with E-state index in [1.54, 1.807) is 18.2 Å². The van der Waals surface area contributed by atoms with Crippen molar-refractivity contribution in [3.8, 4) is 0 Å². The summed E-state index contributed by atoms with van der Waals surface area (Å²) in [7, 11) is -3.57. The Kier molecular flexibility index (Phi) is 7.69. The van der Waals surface area contributed by atoms with Crippen LogP contribution in [0.25, 0.3) is 0 Å². The molecule has 1 N–H and O–H groups in total. The minimum atomic E-state index is -3.57. The number of piperidine rings is 1. The van der Waals surface area contributed by atoms with Gasteiger partial charge in [-0.2, -0.15) is 0 Å². The van der Waals surface area contributed by atoms with Crippen molar-refractivity contribution in [1.29, 1.82) is 0 Å². The van der Waals surface area contributed by atoms with Crippen molar-refractivity contribution in [3.63, 3.8) is 0 Å². The first-order valence-electron chi connectivity index (χ1n) is 11.6. The fraction of sp³-hybridized carbons (Fsp3) is 0.480. The number of amides is 1. The molecule has 2 aromatic rings. The van der Waals surface area contributed by atoms with Crippen LogP contribution in [0, 0.1) is 5.92 Å². The molecular weight excluding hydrogens is 479 g/mol. The van der Waals surface area contributed by atoms with Gasteiger partial charge in [0.25, 0.3) is 0 Å². The zero-order chi connectivity index (χ0) is 23.6. The molecular formula is C25H30Cl2N2O3S. The van der Waals surface area contributed by atoms with Crippen LogP contribution in [-0.4, -0.2) is 31.7 Å². The summed E-state index contributed by atoms with van der Waals surface area (Å²) in [6.45, 7) is 2.64. The lowest BCUT2D eigenvalue weighted by molar-refractivity contribution is -0.126. The maximum Gasteiger partial charge on any atom is 0.223 e. The summed E-state index contributed by atoms with van der Waals surface area (Å²) in [5.41, 5.74) is 4.37. The van der Waals surface area contributed by atoms with Crippen LogP contribution in [0.4, 0.5) is 0 Å². The molecule has 178 valence electrons. The van der Waals surface area contributed by atoms with Crippen LogP contribution in [0.3, 0.4) is 0 Å². The second kappa shape index (κ2) is 10.3. The van der Waals surface area contributed by atoms with Gasteiger partial charge in [0.15, 0.2) is 0 Å². The van der Waals surface area contributed by atoms with Crippen molar-refractivity contribution in [1.82, 2.24) is 9.62 Å². The number of carbonyl (C=O) groups is 1. The normalized spacial score (nSPS) is 18.5. The summed E-state index contributed by atoms with van der Waals surface area (Å²) in [6, 6.07) is 11.4. The lowest BCUT2D eigenvalue weighted by Crippen LogP contribution is -2.43. The van der Waals surface area contributed by atoms with Crippen molar-refractivity contribution in [3.05, 3.63) is 68.7 Å². The SMILES string of the molecule is C[C@@H](NC(=O)C1CCN(S(=O)(=O)Cc2c(Cl)cccc2Cl)CC1)c1ccc2c(c1)CCCC2.